The van der Waals surface area contributed by atoms with E-state index in [9.17, 15) is 9.59 Å². The molecule has 1 unspecified atom stereocenters. The molecule has 0 radical (unpaired) electrons. The normalized spacial score (nSPS) is 11.8. The Morgan fingerprint density at radius 1 is 0.893 bits per heavy atom. The maximum atomic E-state index is 12.3. The van der Waals surface area contributed by atoms with Gasteiger partial charge in [0.25, 0.3) is 11.8 Å². The molecule has 0 bridgehead atoms. The fraction of sp³-hybridized carbons (Fsp3) is 0.364. The van der Waals surface area contributed by atoms with Gasteiger partial charge in [0.1, 0.15) is 5.75 Å². The standard InChI is InChI=1S/C22H29N3O3/c1-5-25(15-22(27)24-19-10-12-20(28-4)13-11-19)14-21(26)23-18-8-6-17(7-9-18)16(2)3/h6-13,16H,5,14-15H2,1-4H3,(H,23,26)(H,24,27)/p+1. The molecule has 0 fully saturated rings. The Morgan fingerprint density at radius 2 is 1.36 bits per heavy atom. The third-order valence-electron chi connectivity index (χ3n) is 4.56. The van der Waals surface area contributed by atoms with Crippen LogP contribution in [0.2, 0.25) is 0 Å². The zero-order valence-electron chi connectivity index (χ0n) is 17.0. The maximum absolute atomic E-state index is 12.3. The number of rotatable bonds is 9. The molecule has 0 saturated carbocycles. The number of amides is 2. The van der Waals surface area contributed by atoms with Crippen LogP contribution in [0.15, 0.2) is 48.5 Å². The van der Waals surface area contributed by atoms with Gasteiger partial charge < -0.3 is 20.3 Å². The zero-order valence-corrected chi connectivity index (χ0v) is 17.0. The SMILES string of the molecule is CC[NH+](CC(=O)Nc1ccc(OC)cc1)CC(=O)Nc1ccc(C(C)C)cc1. The number of anilines is 2. The fourth-order valence-corrected chi connectivity index (χ4v) is 2.80. The van der Waals surface area contributed by atoms with E-state index < -0.39 is 0 Å². The summed E-state index contributed by atoms with van der Waals surface area (Å²) in [6.45, 7) is 7.36. The Kier molecular flexibility index (Phi) is 8.02. The van der Waals surface area contributed by atoms with Crippen LogP contribution in [0.25, 0.3) is 0 Å². The van der Waals surface area contributed by atoms with E-state index in [1.807, 2.05) is 31.2 Å². The van der Waals surface area contributed by atoms with Gasteiger partial charge >= 0.3 is 0 Å². The second-order valence-corrected chi connectivity index (χ2v) is 7.06. The summed E-state index contributed by atoms with van der Waals surface area (Å²) < 4.78 is 5.11. The molecular weight excluding hydrogens is 354 g/mol. The third-order valence-corrected chi connectivity index (χ3v) is 4.56. The summed E-state index contributed by atoms with van der Waals surface area (Å²) >= 11 is 0. The average molecular weight is 385 g/mol. The zero-order chi connectivity index (χ0) is 20.5. The van der Waals surface area contributed by atoms with Crippen molar-refractivity contribution in [3.63, 3.8) is 0 Å². The molecule has 28 heavy (non-hydrogen) atoms. The maximum Gasteiger partial charge on any atom is 0.279 e. The molecule has 6 nitrogen and oxygen atoms in total. The number of ether oxygens (including phenoxy) is 1. The lowest BCUT2D eigenvalue weighted by molar-refractivity contribution is -0.881. The van der Waals surface area contributed by atoms with Crippen LogP contribution in [0.4, 0.5) is 11.4 Å². The third kappa shape index (κ3) is 6.70. The first-order valence-electron chi connectivity index (χ1n) is 9.58. The Bertz CT molecular complexity index is 771. The van der Waals surface area contributed by atoms with Crippen molar-refractivity contribution in [1.82, 2.24) is 0 Å². The second kappa shape index (κ2) is 10.5. The summed E-state index contributed by atoms with van der Waals surface area (Å²) in [6.07, 6.45) is 0. The number of nitrogens with one attached hydrogen (secondary N) is 3. The highest BCUT2D eigenvalue weighted by molar-refractivity contribution is 5.93. The predicted octanol–water partition coefficient (Wildman–Crippen LogP) is 2.30. The highest BCUT2D eigenvalue weighted by Crippen LogP contribution is 2.17. The minimum absolute atomic E-state index is 0.105. The number of methoxy groups -OCH3 is 1. The lowest BCUT2D eigenvalue weighted by Gasteiger charge is -2.17. The van der Waals surface area contributed by atoms with Gasteiger partial charge in [0.15, 0.2) is 13.1 Å². The number of likely N-dealkylation sites (N-methyl/N-ethyl adjacent to an activating group) is 1. The Hall–Kier alpha value is -2.86. The van der Waals surface area contributed by atoms with Crippen LogP contribution in [-0.2, 0) is 9.59 Å². The van der Waals surface area contributed by atoms with E-state index in [2.05, 4.69) is 24.5 Å². The van der Waals surface area contributed by atoms with E-state index in [0.717, 1.165) is 16.3 Å². The topological polar surface area (TPSA) is 71.9 Å². The molecule has 0 saturated heterocycles. The fourth-order valence-electron chi connectivity index (χ4n) is 2.80. The van der Waals surface area contributed by atoms with Gasteiger partial charge in [0.2, 0.25) is 0 Å². The first-order chi connectivity index (χ1) is 13.4. The summed E-state index contributed by atoms with van der Waals surface area (Å²) in [5.41, 5.74) is 2.71. The van der Waals surface area contributed by atoms with Gasteiger partial charge in [-0.2, -0.15) is 0 Å². The summed E-state index contributed by atoms with van der Waals surface area (Å²) in [7, 11) is 1.60. The van der Waals surface area contributed by atoms with Gasteiger partial charge in [-0.3, -0.25) is 9.59 Å². The molecule has 0 aliphatic carbocycles. The van der Waals surface area contributed by atoms with Gasteiger partial charge in [-0.05, 0) is 54.8 Å². The molecule has 6 heteroatoms. The van der Waals surface area contributed by atoms with Crippen molar-refractivity contribution < 1.29 is 19.2 Å². The van der Waals surface area contributed by atoms with Crippen LogP contribution in [0.1, 0.15) is 32.3 Å². The quantitative estimate of drug-likeness (QED) is 0.621. The highest BCUT2D eigenvalue weighted by atomic mass is 16.5. The molecule has 2 amide bonds. The molecule has 2 aromatic rings. The summed E-state index contributed by atoms with van der Waals surface area (Å²) in [5, 5.41) is 5.75. The first-order valence-corrected chi connectivity index (χ1v) is 9.58. The minimum Gasteiger partial charge on any atom is -0.497 e. The van der Waals surface area contributed by atoms with Crippen LogP contribution >= 0.6 is 0 Å². The van der Waals surface area contributed by atoms with E-state index in [0.29, 0.717) is 18.2 Å². The molecule has 0 aliphatic rings. The van der Waals surface area contributed by atoms with Crippen molar-refractivity contribution in [1.29, 1.82) is 0 Å². The smallest absolute Gasteiger partial charge is 0.279 e. The van der Waals surface area contributed by atoms with E-state index in [-0.39, 0.29) is 24.9 Å². The molecule has 2 rings (SSSR count). The molecule has 1 atom stereocenters. The number of benzene rings is 2. The van der Waals surface area contributed by atoms with Crippen molar-refractivity contribution in [3.05, 3.63) is 54.1 Å². The molecular formula is C22H30N3O3+. The van der Waals surface area contributed by atoms with Gasteiger partial charge in [-0.1, -0.05) is 26.0 Å². The molecule has 150 valence electrons. The van der Waals surface area contributed by atoms with E-state index in [1.165, 1.54) is 5.56 Å². The van der Waals surface area contributed by atoms with Gasteiger partial charge in [0.05, 0.1) is 13.7 Å². The molecule has 0 aliphatic heterocycles. The summed E-state index contributed by atoms with van der Waals surface area (Å²) in [4.78, 5) is 25.5. The predicted molar refractivity (Wildman–Crippen MR) is 112 cm³/mol. The van der Waals surface area contributed by atoms with E-state index in [4.69, 9.17) is 4.74 Å². The van der Waals surface area contributed by atoms with Crippen molar-refractivity contribution in [2.24, 2.45) is 0 Å². The molecule has 3 N–H and O–H groups in total. The lowest BCUT2D eigenvalue weighted by Crippen LogP contribution is -3.13. The number of hydrogen-bond donors (Lipinski definition) is 3. The van der Waals surface area contributed by atoms with Crippen LogP contribution in [0.3, 0.4) is 0 Å². The minimum atomic E-state index is -0.129. The first kappa shape index (κ1) is 21.4. The van der Waals surface area contributed by atoms with Gasteiger partial charge in [-0.15, -0.1) is 0 Å². The number of hydrogen-bond acceptors (Lipinski definition) is 3. The Labute approximate surface area is 166 Å². The van der Waals surface area contributed by atoms with Gasteiger partial charge in [0, 0.05) is 11.4 Å². The Morgan fingerprint density at radius 3 is 1.75 bits per heavy atom. The average Bonchev–Trinajstić information content (AvgIpc) is 2.68. The molecule has 0 heterocycles. The van der Waals surface area contributed by atoms with E-state index >= 15 is 0 Å². The van der Waals surface area contributed by atoms with Crippen molar-refractivity contribution >= 4 is 23.2 Å². The molecule has 0 spiro atoms. The number of carbonyl (C=O) groups excluding carboxylic acids is 2. The molecule has 2 aromatic carbocycles. The number of carbonyl (C=O) groups is 2. The van der Waals surface area contributed by atoms with Crippen LogP contribution in [-0.4, -0.2) is 38.6 Å². The molecule has 0 aromatic heterocycles. The summed E-state index contributed by atoms with van der Waals surface area (Å²) in [5.74, 6) is 0.952. The van der Waals surface area contributed by atoms with Gasteiger partial charge in [-0.25, -0.2) is 0 Å². The highest BCUT2D eigenvalue weighted by Gasteiger charge is 2.17. The van der Waals surface area contributed by atoms with Crippen LogP contribution < -0.4 is 20.3 Å². The monoisotopic (exact) mass is 384 g/mol. The lowest BCUT2D eigenvalue weighted by atomic mass is 10.0. The summed E-state index contributed by atoms with van der Waals surface area (Å²) in [6, 6.07) is 15.0. The largest absolute Gasteiger partial charge is 0.497 e. The Balaban J connectivity index is 1.84. The van der Waals surface area contributed by atoms with Crippen LogP contribution in [0, 0.1) is 0 Å². The van der Waals surface area contributed by atoms with Crippen molar-refractivity contribution in [3.8, 4) is 5.75 Å². The van der Waals surface area contributed by atoms with Crippen molar-refractivity contribution in [2.75, 3.05) is 37.4 Å². The van der Waals surface area contributed by atoms with Crippen molar-refractivity contribution in [2.45, 2.75) is 26.7 Å². The van der Waals surface area contributed by atoms with E-state index in [1.54, 1.807) is 31.4 Å². The van der Waals surface area contributed by atoms with Crippen LogP contribution in [0.5, 0.6) is 5.75 Å². The number of quaternary nitrogens is 1. The second-order valence-electron chi connectivity index (χ2n) is 7.06.